The number of nitrogens with zero attached hydrogens (tertiary/aromatic N) is 1. The molecule has 0 bridgehead atoms. The summed E-state index contributed by atoms with van der Waals surface area (Å²) in [7, 11) is 0. The minimum absolute atomic E-state index is 0.122. The van der Waals surface area contributed by atoms with E-state index < -0.39 is 0 Å². The Balaban J connectivity index is 1.68. The van der Waals surface area contributed by atoms with Crippen LogP contribution in [-0.4, -0.2) is 30.4 Å². The first-order chi connectivity index (χ1) is 11.1. The highest BCUT2D eigenvalue weighted by Crippen LogP contribution is 2.26. The van der Waals surface area contributed by atoms with E-state index in [-0.39, 0.29) is 11.9 Å². The van der Waals surface area contributed by atoms with Gasteiger partial charge in [-0.3, -0.25) is 9.69 Å². The van der Waals surface area contributed by atoms with Crippen molar-refractivity contribution in [3.8, 4) is 0 Å². The van der Waals surface area contributed by atoms with Gasteiger partial charge in [-0.05, 0) is 66.5 Å². The zero-order valence-electron chi connectivity index (χ0n) is 12.6. The summed E-state index contributed by atoms with van der Waals surface area (Å²) in [6, 6.07) is 7.32. The SMILES string of the molecule is O=C(NCC(c1ccsc1)N1CCCC1)c1ccc(Cl)c(Cl)c1. The fourth-order valence-electron chi connectivity index (χ4n) is 2.90. The lowest BCUT2D eigenvalue weighted by Gasteiger charge is -2.27. The maximum absolute atomic E-state index is 12.4. The molecule has 3 rings (SSSR count). The van der Waals surface area contributed by atoms with Gasteiger partial charge < -0.3 is 5.32 Å². The molecule has 3 nitrogen and oxygen atoms in total. The minimum atomic E-state index is -0.122. The topological polar surface area (TPSA) is 32.3 Å². The number of nitrogens with one attached hydrogen (secondary N) is 1. The molecule has 122 valence electrons. The van der Waals surface area contributed by atoms with E-state index in [1.165, 1.54) is 18.4 Å². The summed E-state index contributed by atoms with van der Waals surface area (Å²) in [4.78, 5) is 14.8. The minimum Gasteiger partial charge on any atom is -0.350 e. The molecule has 1 amide bonds. The number of carbonyl (C=O) groups excluding carboxylic acids is 1. The van der Waals surface area contributed by atoms with Crippen molar-refractivity contribution >= 4 is 40.4 Å². The number of hydrogen-bond acceptors (Lipinski definition) is 3. The largest absolute Gasteiger partial charge is 0.350 e. The monoisotopic (exact) mass is 368 g/mol. The zero-order valence-corrected chi connectivity index (χ0v) is 14.9. The molecule has 2 aromatic rings. The van der Waals surface area contributed by atoms with Crippen LogP contribution in [0.5, 0.6) is 0 Å². The number of thiophene rings is 1. The number of halogens is 2. The van der Waals surface area contributed by atoms with Crippen LogP contribution in [0.3, 0.4) is 0 Å². The zero-order chi connectivity index (χ0) is 16.2. The third-order valence-corrected chi connectivity index (χ3v) is 5.59. The molecule has 1 aliphatic rings. The van der Waals surface area contributed by atoms with E-state index in [1.807, 2.05) is 0 Å². The van der Waals surface area contributed by atoms with Crippen molar-refractivity contribution in [2.45, 2.75) is 18.9 Å². The fraction of sp³-hybridized carbons (Fsp3) is 0.353. The first-order valence-corrected chi connectivity index (χ1v) is 9.34. The van der Waals surface area contributed by atoms with E-state index in [9.17, 15) is 4.79 Å². The van der Waals surface area contributed by atoms with E-state index in [0.717, 1.165) is 13.1 Å². The van der Waals surface area contributed by atoms with E-state index in [2.05, 4.69) is 27.0 Å². The number of amides is 1. The smallest absolute Gasteiger partial charge is 0.251 e. The summed E-state index contributed by atoms with van der Waals surface area (Å²) in [5.74, 6) is -0.122. The Hall–Kier alpha value is -1.07. The van der Waals surface area contributed by atoms with Crippen LogP contribution in [0.25, 0.3) is 0 Å². The van der Waals surface area contributed by atoms with Crippen molar-refractivity contribution in [3.05, 3.63) is 56.2 Å². The van der Waals surface area contributed by atoms with E-state index in [1.54, 1.807) is 29.5 Å². The number of carbonyl (C=O) groups is 1. The van der Waals surface area contributed by atoms with Gasteiger partial charge in [0.15, 0.2) is 0 Å². The van der Waals surface area contributed by atoms with Crippen LogP contribution in [0.15, 0.2) is 35.0 Å². The van der Waals surface area contributed by atoms with Crippen molar-refractivity contribution < 1.29 is 4.79 Å². The van der Waals surface area contributed by atoms with Gasteiger partial charge >= 0.3 is 0 Å². The number of benzene rings is 1. The quantitative estimate of drug-likeness (QED) is 0.834. The van der Waals surface area contributed by atoms with Gasteiger partial charge in [-0.25, -0.2) is 0 Å². The number of rotatable bonds is 5. The van der Waals surface area contributed by atoms with Crippen molar-refractivity contribution in [1.82, 2.24) is 10.2 Å². The van der Waals surface area contributed by atoms with Crippen LogP contribution < -0.4 is 5.32 Å². The van der Waals surface area contributed by atoms with Gasteiger partial charge in [0, 0.05) is 12.1 Å². The first kappa shape index (κ1) is 16.8. The van der Waals surface area contributed by atoms with Crippen LogP contribution in [-0.2, 0) is 0 Å². The molecule has 1 atom stereocenters. The molecule has 23 heavy (non-hydrogen) atoms. The van der Waals surface area contributed by atoms with Gasteiger partial charge in [-0.15, -0.1) is 0 Å². The second-order valence-corrected chi connectivity index (χ2v) is 7.25. The Morgan fingerprint density at radius 3 is 2.65 bits per heavy atom. The third-order valence-electron chi connectivity index (χ3n) is 4.15. The number of hydrogen-bond donors (Lipinski definition) is 1. The summed E-state index contributed by atoms with van der Waals surface area (Å²) >= 11 is 13.6. The van der Waals surface area contributed by atoms with Crippen molar-refractivity contribution in [2.75, 3.05) is 19.6 Å². The molecule has 0 spiro atoms. The summed E-state index contributed by atoms with van der Waals surface area (Å²) in [5, 5.41) is 8.13. The third kappa shape index (κ3) is 4.07. The second-order valence-electron chi connectivity index (χ2n) is 5.65. The molecular formula is C17H18Cl2N2OS. The van der Waals surface area contributed by atoms with E-state index in [0.29, 0.717) is 22.2 Å². The highest BCUT2D eigenvalue weighted by atomic mass is 35.5. The van der Waals surface area contributed by atoms with Gasteiger partial charge in [0.2, 0.25) is 0 Å². The Labute approximate surface area is 150 Å². The van der Waals surface area contributed by atoms with E-state index >= 15 is 0 Å². The summed E-state index contributed by atoms with van der Waals surface area (Å²) in [6.45, 7) is 2.77. The van der Waals surface area contributed by atoms with Gasteiger partial charge in [0.1, 0.15) is 0 Å². The molecule has 1 unspecified atom stereocenters. The standard InChI is InChI=1S/C17H18Cl2N2OS/c18-14-4-3-12(9-15(14)19)17(22)20-10-16(13-5-8-23-11-13)21-6-1-2-7-21/h3-5,8-9,11,16H,1-2,6-7,10H2,(H,20,22). The highest BCUT2D eigenvalue weighted by Gasteiger charge is 2.24. The van der Waals surface area contributed by atoms with Crippen LogP contribution in [0.1, 0.15) is 34.8 Å². The van der Waals surface area contributed by atoms with Crippen LogP contribution in [0.4, 0.5) is 0 Å². The molecule has 0 radical (unpaired) electrons. The molecule has 1 saturated heterocycles. The fourth-order valence-corrected chi connectivity index (χ4v) is 3.91. The lowest BCUT2D eigenvalue weighted by Crippen LogP contribution is -2.36. The average molecular weight is 369 g/mol. The lowest BCUT2D eigenvalue weighted by molar-refractivity contribution is 0.0938. The first-order valence-electron chi connectivity index (χ1n) is 7.64. The second kappa shape index (κ2) is 7.67. The summed E-state index contributed by atoms with van der Waals surface area (Å²) < 4.78 is 0. The molecule has 1 aromatic heterocycles. The van der Waals surface area contributed by atoms with Crippen molar-refractivity contribution in [1.29, 1.82) is 0 Å². The predicted molar refractivity (Wildman–Crippen MR) is 96.7 cm³/mol. The van der Waals surface area contributed by atoms with Crippen LogP contribution >= 0.6 is 34.5 Å². The summed E-state index contributed by atoms with van der Waals surface area (Å²) in [6.07, 6.45) is 2.45. The summed E-state index contributed by atoms with van der Waals surface area (Å²) in [5.41, 5.74) is 1.80. The maximum Gasteiger partial charge on any atom is 0.251 e. The Kier molecular flexibility index (Phi) is 5.59. The van der Waals surface area contributed by atoms with Gasteiger partial charge in [-0.2, -0.15) is 11.3 Å². The molecule has 1 aliphatic heterocycles. The van der Waals surface area contributed by atoms with Gasteiger partial charge in [-0.1, -0.05) is 23.2 Å². The van der Waals surface area contributed by atoms with E-state index in [4.69, 9.17) is 23.2 Å². The molecular weight excluding hydrogens is 351 g/mol. The normalized spacial score (nSPS) is 16.4. The Morgan fingerprint density at radius 2 is 2.00 bits per heavy atom. The molecule has 6 heteroatoms. The lowest BCUT2D eigenvalue weighted by atomic mass is 10.1. The molecule has 0 saturated carbocycles. The van der Waals surface area contributed by atoms with Gasteiger partial charge in [0.25, 0.3) is 5.91 Å². The molecule has 0 aliphatic carbocycles. The molecule has 1 fully saturated rings. The predicted octanol–water partition coefficient (Wildman–Crippen LogP) is 4.62. The molecule has 2 heterocycles. The van der Waals surface area contributed by atoms with Gasteiger partial charge in [0.05, 0.1) is 16.1 Å². The molecule has 1 N–H and O–H groups in total. The van der Waals surface area contributed by atoms with Crippen molar-refractivity contribution in [2.24, 2.45) is 0 Å². The maximum atomic E-state index is 12.4. The van der Waals surface area contributed by atoms with Crippen LogP contribution in [0.2, 0.25) is 10.0 Å². The Morgan fingerprint density at radius 1 is 1.22 bits per heavy atom. The Bertz CT molecular complexity index is 669. The highest BCUT2D eigenvalue weighted by molar-refractivity contribution is 7.08. The average Bonchev–Trinajstić information content (AvgIpc) is 3.24. The number of likely N-dealkylation sites (tertiary alicyclic amines) is 1. The van der Waals surface area contributed by atoms with Crippen LogP contribution in [0, 0.1) is 0 Å². The van der Waals surface area contributed by atoms with Crippen molar-refractivity contribution in [3.63, 3.8) is 0 Å². The molecule has 1 aromatic carbocycles.